The number of hydrogen-bond acceptors (Lipinski definition) is 7. The zero-order valence-corrected chi connectivity index (χ0v) is 15.5. The number of hydrogen-bond donors (Lipinski definition) is 1. The van der Waals surface area contributed by atoms with E-state index in [0.29, 0.717) is 16.3 Å². The van der Waals surface area contributed by atoms with Gasteiger partial charge in [0, 0.05) is 28.4 Å². The molecule has 0 spiro atoms. The highest BCUT2D eigenvalue weighted by Crippen LogP contribution is 2.28. The number of non-ortho nitro benzene ring substituents is 1. The van der Waals surface area contributed by atoms with Crippen molar-refractivity contribution in [2.45, 2.75) is 17.4 Å². The minimum Gasteiger partial charge on any atom is -0.411 e. The number of rotatable bonds is 6. The Balaban J connectivity index is 1.66. The quantitative estimate of drug-likeness (QED) is 0.367. The second-order valence-electron chi connectivity index (χ2n) is 5.44. The van der Waals surface area contributed by atoms with Crippen LogP contribution in [0.1, 0.15) is 6.92 Å². The third-order valence-corrected chi connectivity index (χ3v) is 4.66. The molecular weight excluding hydrogens is 392 g/mol. The molecule has 0 fully saturated rings. The largest absolute Gasteiger partial charge is 0.411 e. The molecule has 1 atom stereocenters. The van der Waals surface area contributed by atoms with Crippen molar-refractivity contribution in [1.82, 2.24) is 10.2 Å². The van der Waals surface area contributed by atoms with Crippen molar-refractivity contribution in [3.8, 4) is 11.5 Å². The number of anilines is 1. The Bertz CT molecular complexity index is 977. The predicted octanol–water partition coefficient (Wildman–Crippen LogP) is 4.42. The summed E-state index contributed by atoms with van der Waals surface area (Å²) in [5.41, 5.74) is 0.983. The molecule has 8 nitrogen and oxygen atoms in total. The van der Waals surface area contributed by atoms with Crippen molar-refractivity contribution in [1.29, 1.82) is 0 Å². The van der Waals surface area contributed by atoms with Crippen molar-refractivity contribution in [2.75, 3.05) is 5.32 Å². The highest BCUT2D eigenvalue weighted by Gasteiger charge is 2.19. The summed E-state index contributed by atoms with van der Waals surface area (Å²) in [6, 6.07) is 12.6. The van der Waals surface area contributed by atoms with Crippen molar-refractivity contribution in [3.05, 3.63) is 63.7 Å². The minimum absolute atomic E-state index is 0.0735. The number of halogens is 1. The first-order valence-electron chi connectivity index (χ1n) is 7.74. The van der Waals surface area contributed by atoms with Gasteiger partial charge in [-0.05, 0) is 37.3 Å². The highest BCUT2D eigenvalue weighted by molar-refractivity contribution is 8.00. The van der Waals surface area contributed by atoms with E-state index in [1.165, 1.54) is 18.2 Å². The van der Waals surface area contributed by atoms with Crippen LogP contribution in [0.25, 0.3) is 11.5 Å². The van der Waals surface area contributed by atoms with E-state index < -0.39 is 10.2 Å². The Hall–Kier alpha value is -2.91. The summed E-state index contributed by atoms with van der Waals surface area (Å²) in [5, 5.41) is 21.7. The number of benzene rings is 2. The number of amides is 1. The van der Waals surface area contributed by atoms with Gasteiger partial charge in [0.25, 0.3) is 10.9 Å². The number of nitrogens with zero attached hydrogens (tertiary/aromatic N) is 3. The van der Waals surface area contributed by atoms with E-state index >= 15 is 0 Å². The fraction of sp³-hybridized carbons (Fsp3) is 0.118. The van der Waals surface area contributed by atoms with Crippen molar-refractivity contribution in [3.63, 3.8) is 0 Å². The van der Waals surface area contributed by atoms with Crippen molar-refractivity contribution >= 4 is 40.6 Å². The van der Waals surface area contributed by atoms with Gasteiger partial charge in [-0.2, -0.15) is 0 Å². The standard InChI is InChI=1S/C17H13ClN4O4S/c1-10(15(23)19-13-7-5-12(18)6-8-13)27-17-21-20-16(26-17)11-3-2-4-14(9-11)22(24)25/h2-10H,1H3,(H,19,23)/t10-/m0/s1. The van der Waals surface area contributed by atoms with Crippen LogP contribution in [0.5, 0.6) is 0 Å². The molecule has 3 rings (SSSR count). The maximum atomic E-state index is 12.3. The summed E-state index contributed by atoms with van der Waals surface area (Å²) in [4.78, 5) is 22.6. The Morgan fingerprint density at radius 1 is 1.26 bits per heavy atom. The molecule has 0 saturated carbocycles. The summed E-state index contributed by atoms with van der Waals surface area (Å²) in [6.07, 6.45) is 0. The lowest BCUT2D eigenvalue weighted by molar-refractivity contribution is -0.384. The minimum atomic E-state index is -0.501. The van der Waals surface area contributed by atoms with E-state index in [9.17, 15) is 14.9 Å². The van der Waals surface area contributed by atoms with Crippen LogP contribution in [0.2, 0.25) is 5.02 Å². The molecule has 1 N–H and O–H groups in total. The molecule has 0 radical (unpaired) electrons. The van der Waals surface area contributed by atoms with Crippen LogP contribution in [0.15, 0.2) is 58.2 Å². The third kappa shape index (κ3) is 4.83. The fourth-order valence-corrected chi connectivity index (χ4v) is 2.92. The van der Waals surface area contributed by atoms with Crippen molar-refractivity contribution < 1.29 is 14.1 Å². The normalized spacial score (nSPS) is 11.8. The molecular formula is C17H13ClN4O4S. The molecule has 3 aromatic rings. The van der Waals surface area contributed by atoms with E-state index in [2.05, 4.69) is 15.5 Å². The lowest BCUT2D eigenvalue weighted by atomic mass is 10.2. The molecule has 0 aliphatic carbocycles. The molecule has 1 heterocycles. The average molecular weight is 405 g/mol. The maximum Gasteiger partial charge on any atom is 0.277 e. The van der Waals surface area contributed by atoms with Gasteiger partial charge in [-0.25, -0.2) is 0 Å². The molecule has 0 bridgehead atoms. The smallest absolute Gasteiger partial charge is 0.277 e. The number of aromatic nitrogens is 2. The van der Waals surface area contributed by atoms with Gasteiger partial charge in [0.15, 0.2) is 0 Å². The Morgan fingerprint density at radius 3 is 2.70 bits per heavy atom. The van der Waals surface area contributed by atoms with E-state index in [1.807, 2.05) is 0 Å². The van der Waals surface area contributed by atoms with Gasteiger partial charge in [-0.3, -0.25) is 14.9 Å². The number of nitro groups is 1. The second kappa shape index (κ2) is 8.19. The molecule has 27 heavy (non-hydrogen) atoms. The number of carbonyl (C=O) groups is 1. The Kier molecular flexibility index (Phi) is 5.72. The lowest BCUT2D eigenvalue weighted by Gasteiger charge is -2.09. The maximum absolute atomic E-state index is 12.3. The summed E-state index contributed by atoms with van der Waals surface area (Å²) in [7, 11) is 0. The number of thioether (sulfide) groups is 1. The van der Waals surface area contributed by atoms with Gasteiger partial charge >= 0.3 is 0 Å². The highest BCUT2D eigenvalue weighted by atomic mass is 35.5. The van der Waals surface area contributed by atoms with Gasteiger partial charge in [0.05, 0.1) is 10.2 Å². The average Bonchev–Trinajstić information content (AvgIpc) is 3.12. The van der Waals surface area contributed by atoms with Crippen LogP contribution >= 0.6 is 23.4 Å². The third-order valence-electron chi connectivity index (χ3n) is 3.47. The summed E-state index contributed by atoms with van der Waals surface area (Å²) in [5.74, 6) is -0.0936. The van der Waals surface area contributed by atoms with Crippen LogP contribution < -0.4 is 5.32 Å². The molecule has 0 saturated heterocycles. The van der Waals surface area contributed by atoms with Crippen LogP contribution in [0.3, 0.4) is 0 Å². The van der Waals surface area contributed by atoms with E-state index in [0.717, 1.165) is 11.8 Å². The van der Waals surface area contributed by atoms with E-state index in [4.69, 9.17) is 16.0 Å². The summed E-state index contributed by atoms with van der Waals surface area (Å²) < 4.78 is 5.51. The van der Waals surface area contributed by atoms with Gasteiger partial charge < -0.3 is 9.73 Å². The fourth-order valence-electron chi connectivity index (χ4n) is 2.11. The Labute approximate surface area is 163 Å². The van der Waals surface area contributed by atoms with E-state index in [-0.39, 0.29) is 22.7 Å². The second-order valence-corrected chi connectivity index (χ2v) is 7.17. The van der Waals surface area contributed by atoms with Crippen LogP contribution in [-0.4, -0.2) is 26.3 Å². The monoisotopic (exact) mass is 404 g/mol. The molecule has 0 aliphatic rings. The molecule has 138 valence electrons. The number of nitro benzene ring substituents is 1. The SMILES string of the molecule is C[C@H](Sc1nnc(-c2cccc([N+](=O)[O-])c2)o1)C(=O)Nc1ccc(Cl)cc1. The number of carbonyl (C=O) groups excluding carboxylic acids is 1. The van der Waals surface area contributed by atoms with Gasteiger partial charge in [0.2, 0.25) is 11.8 Å². The summed E-state index contributed by atoms with van der Waals surface area (Å²) in [6.45, 7) is 1.70. The Morgan fingerprint density at radius 2 is 2.00 bits per heavy atom. The van der Waals surface area contributed by atoms with E-state index in [1.54, 1.807) is 37.3 Å². The first kappa shape index (κ1) is 18.9. The predicted molar refractivity (Wildman–Crippen MR) is 102 cm³/mol. The van der Waals surface area contributed by atoms with Crippen LogP contribution in [0, 0.1) is 10.1 Å². The van der Waals surface area contributed by atoms with Crippen LogP contribution in [0.4, 0.5) is 11.4 Å². The van der Waals surface area contributed by atoms with Crippen molar-refractivity contribution in [2.24, 2.45) is 0 Å². The zero-order valence-electron chi connectivity index (χ0n) is 14.0. The summed E-state index contributed by atoms with van der Waals surface area (Å²) >= 11 is 6.90. The first-order chi connectivity index (χ1) is 12.9. The molecule has 0 unspecified atom stereocenters. The number of nitrogens with one attached hydrogen (secondary N) is 1. The van der Waals surface area contributed by atoms with Gasteiger partial charge in [-0.1, -0.05) is 29.4 Å². The van der Waals surface area contributed by atoms with Gasteiger partial charge in [0.1, 0.15) is 0 Å². The van der Waals surface area contributed by atoms with Gasteiger partial charge in [-0.15, -0.1) is 10.2 Å². The molecule has 0 aliphatic heterocycles. The lowest BCUT2D eigenvalue weighted by Crippen LogP contribution is -2.22. The molecule has 1 aromatic heterocycles. The molecule has 2 aromatic carbocycles. The first-order valence-corrected chi connectivity index (χ1v) is 8.99. The van der Waals surface area contributed by atoms with Crippen LogP contribution in [-0.2, 0) is 4.79 Å². The molecule has 1 amide bonds. The zero-order chi connectivity index (χ0) is 19.4. The molecule has 10 heteroatoms. The topological polar surface area (TPSA) is 111 Å².